The minimum Gasteiger partial charge on any atom is -0.271 e. The molecular weight excluding hydrogens is 248 g/mol. The van der Waals surface area contributed by atoms with Gasteiger partial charge in [0.1, 0.15) is 5.82 Å². The number of rotatable bonds is 4. The van der Waals surface area contributed by atoms with E-state index in [1.165, 1.54) is 0 Å². The Hall–Kier alpha value is -1.14. The molecule has 2 nitrogen and oxygen atoms in total. The highest BCUT2D eigenvalue weighted by molar-refractivity contribution is 5.33. The second-order valence-electron chi connectivity index (χ2n) is 4.63. The van der Waals surface area contributed by atoms with Crippen molar-refractivity contribution in [2.75, 3.05) is 0 Å². The highest BCUT2D eigenvalue weighted by atomic mass is 19.4. The average Bonchev–Trinajstić information content (AvgIpc) is 3.07. The van der Waals surface area contributed by atoms with Crippen LogP contribution >= 0.6 is 0 Å². The summed E-state index contributed by atoms with van der Waals surface area (Å²) in [5, 5.41) is 0. The van der Waals surface area contributed by atoms with Crippen LogP contribution in [0.2, 0.25) is 0 Å². The lowest BCUT2D eigenvalue weighted by molar-refractivity contribution is -0.138. The molecule has 1 aliphatic rings. The molecule has 1 unspecified atom stereocenters. The molecule has 0 heterocycles. The summed E-state index contributed by atoms with van der Waals surface area (Å²) in [6, 6.07) is 1.83. The van der Waals surface area contributed by atoms with E-state index in [0.717, 1.165) is 31.0 Å². The molecule has 1 aromatic carbocycles. The SMILES string of the molecule is NNC(CC1CC1)c1cc(F)ccc1C(F)(F)F. The van der Waals surface area contributed by atoms with Crippen molar-refractivity contribution in [3.05, 3.63) is 35.1 Å². The predicted octanol–water partition coefficient (Wildman–Crippen LogP) is 3.15. The third-order valence-corrected chi connectivity index (χ3v) is 3.16. The van der Waals surface area contributed by atoms with Crippen molar-refractivity contribution < 1.29 is 17.6 Å². The van der Waals surface area contributed by atoms with E-state index in [1.54, 1.807) is 0 Å². The van der Waals surface area contributed by atoms with Gasteiger partial charge in [0.15, 0.2) is 0 Å². The van der Waals surface area contributed by atoms with Crippen molar-refractivity contribution in [3.8, 4) is 0 Å². The van der Waals surface area contributed by atoms with Gasteiger partial charge in [-0.25, -0.2) is 4.39 Å². The van der Waals surface area contributed by atoms with Crippen LogP contribution in [0.3, 0.4) is 0 Å². The van der Waals surface area contributed by atoms with Gasteiger partial charge in [-0.15, -0.1) is 0 Å². The fraction of sp³-hybridized carbons (Fsp3) is 0.500. The number of hydrazine groups is 1. The summed E-state index contributed by atoms with van der Waals surface area (Å²) in [5.74, 6) is 5.00. The number of halogens is 4. The fourth-order valence-electron chi connectivity index (χ4n) is 2.05. The molecule has 6 heteroatoms. The molecule has 100 valence electrons. The topological polar surface area (TPSA) is 38.0 Å². The van der Waals surface area contributed by atoms with Gasteiger partial charge >= 0.3 is 6.18 Å². The second-order valence-corrected chi connectivity index (χ2v) is 4.63. The Morgan fingerprint density at radius 1 is 1.33 bits per heavy atom. The first-order valence-corrected chi connectivity index (χ1v) is 5.74. The molecule has 0 spiro atoms. The monoisotopic (exact) mass is 262 g/mol. The van der Waals surface area contributed by atoms with E-state index in [9.17, 15) is 17.6 Å². The predicted molar refractivity (Wildman–Crippen MR) is 58.8 cm³/mol. The third kappa shape index (κ3) is 3.00. The molecule has 1 atom stereocenters. The molecule has 1 aromatic rings. The molecule has 0 radical (unpaired) electrons. The second kappa shape index (κ2) is 4.85. The van der Waals surface area contributed by atoms with E-state index in [0.29, 0.717) is 12.3 Å². The van der Waals surface area contributed by atoms with Gasteiger partial charge in [0.2, 0.25) is 0 Å². The summed E-state index contributed by atoms with van der Waals surface area (Å²) in [5.41, 5.74) is 1.42. The Bertz CT molecular complexity index is 427. The molecule has 1 saturated carbocycles. The Morgan fingerprint density at radius 3 is 2.50 bits per heavy atom. The molecule has 2 rings (SSSR count). The lowest BCUT2D eigenvalue weighted by atomic mass is 9.96. The highest BCUT2D eigenvalue weighted by Crippen LogP contribution is 2.41. The van der Waals surface area contributed by atoms with E-state index in [-0.39, 0.29) is 5.56 Å². The summed E-state index contributed by atoms with van der Waals surface area (Å²) >= 11 is 0. The van der Waals surface area contributed by atoms with E-state index in [2.05, 4.69) is 5.43 Å². The van der Waals surface area contributed by atoms with Crippen molar-refractivity contribution >= 4 is 0 Å². The molecular formula is C12H14F4N2. The van der Waals surface area contributed by atoms with Crippen molar-refractivity contribution in [1.82, 2.24) is 5.43 Å². The van der Waals surface area contributed by atoms with Crippen LogP contribution in [0.25, 0.3) is 0 Å². The zero-order valence-corrected chi connectivity index (χ0v) is 9.60. The van der Waals surface area contributed by atoms with Gasteiger partial charge in [-0.2, -0.15) is 13.2 Å². The average molecular weight is 262 g/mol. The van der Waals surface area contributed by atoms with Gasteiger partial charge in [0.05, 0.1) is 5.56 Å². The molecule has 1 fully saturated rings. The van der Waals surface area contributed by atoms with E-state index in [4.69, 9.17) is 5.84 Å². The third-order valence-electron chi connectivity index (χ3n) is 3.16. The first-order valence-electron chi connectivity index (χ1n) is 5.74. The van der Waals surface area contributed by atoms with Gasteiger partial charge < -0.3 is 0 Å². The first kappa shape index (κ1) is 13.3. The van der Waals surface area contributed by atoms with Gasteiger partial charge in [-0.3, -0.25) is 11.3 Å². The Balaban J connectivity index is 2.35. The summed E-state index contributed by atoms with van der Waals surface area (Å²) in [6.07, 6.45) is -2.01. The van der Waals surface area contributed by atoms with Crippen LogP contribution in [0, 0.1) is 11.7 Å². The zero-order chi connectivity index (χ0) is 13.3. The Labute approximate surface area is 102 Å². The minimum atomic E-state index is -4.50. The van der Waals surface area contributed by atoms with Crippen LogP contribution < -0.4 is 11.3 Å². The molecule has 0 amide bonds. The van der Waals surface area contributed by atoms with E-state index < -0.39 is 23.6 Å². The lowest BCUT2D eigenvalue weighted by Gasteiger charge is -2.21. The van der Waals surface area contributed by atoms with Crippen LogP contribution in [0.1, 0.15) is 36.4 Å². The standard InChI is InChI=1S/C12H14F4N2/c13-8-3-4-10(12(14,15)16)9(6-8)11(18-17)5-7-1-2-7/h3-4,6-7,11,18H,1-2,5,17H2. The van der Waals surface area contributed by atoms with Gasteiger partial charge in [0, 0.05) is 6.04 Å². The number of alkyl halides is 3. The molecule has 1 aliphatic carbocycles. The normalized spacial score (nSPS) is 17.8. The summed E-state index contributed by atoms with van der Waals surface area (Å²) < 4.78 is 51.7. The summed E-state index contributed by atoms with van der Waals surface area (Å²) in [4.78, 5) is 0. The maximum Gasteiger partial charge on any atom is 0.416 e. The fourth-order valence-corrected chi connectivity index (χ4v) is 2.05. The van der Waals surface area contributed by atoms with E-state index in [1.807, 2.05) is 0 Å². The number of benzene rings is 1. The largest absolute Gasteiger partial charge is 0.416 e. The molecule has 3 N–H and O–H groups in total. The lowest BCUT2D eigenvalue weighted by Crippen LogP contribution is -2.30. The van der Waals surface area contributed by atoms with Crippen LogP contribution in [-0.2, 0) is 6.18 Å². The van der Waals surface area contributed by atoms with Crippen LogP contribution in [0.4, 0.5) is 17.6 Å². The summed E-state index contributed by atoms with van der Waals surface area (Å²) in [6.45, 7) is 0. The van der Waals surface area contributed by atoms with Gasteiger partial charge in [-0.1, -0.05) is 12.8 Å². The van der Waals surface area contributed by atoms with Crippen LogP contribution in [-0.4, -0.2) is 0 Å². The maximum absolute atomic E-state index is 13.1. The van der Waals surface area contributed by atoms with Gasteiger partial charge in [0.25, 0.3) is 0 Å². The van der Waals surface area contributed by atoms with Crippen molar-refractivity contribution in [1.29, 1.82) is 0 Å². The number of hydrogen-bond donors (Lipinski definition) is 2. The first-order chi connectivity index (χ1) is 8.41. The van der Waals surface area contributed by atoms with Crippen molar-refractivity contribution in [2.45, 2.75) is 31.5 Å². The smallest absolute Gasteiger partial charge is 0.271 e. The molecule has 18 heavy (non-hydrogen) atoms. The van der Waals surface area contributed by atoms with Crippen molar-refractivity contribution in [3.63, 3.8) is 0 Å². The molecule has 0 bridgehead atoms. The van der Waals surface area contributed by atoms with Gasteiger partial charge in [-0.05, 0) is 36.1 Å². The summed E-state index contributed by atoms with van der Waals surface area (Å²) in [7, 11) is 0. The number of nitrogens with two attached hydrogens (primary N) is 1. The molecule has 0 aromatic heterocycles. The highest BCUT2D eigenvalue weighted by Gasteiger charge is 2.36. The zero-order valence-electron chi connectivity index (χ0n) is 9.60. The maximum atomic E-state index is 13.1. The van der Waals surface area contributed by atoms with Crippen LogP contribution in [0.15, 0.2) is 18.2 Å². The Morgan fingerprint density at radius 2 is 2.00 bits per heavy atom. The van der Waals surface area contributed by atoms with Crippen molar-refractivity contribution in [2.24, 2.45) is 11.8 Å². The number of hydrogen-bond acceptors (Lipinski definition) is 2. The minimum absolute atomic E-state index is 0.114. The molecule has 0 aliphatic heterocycles. The Kier molecular flexibility index (Phi) is 3.59. The quantitative estimate of drug-likeness (QED) is 0.497. The van der Waals surface area contributed by atoms with Crippen LogP contribution in [0.5, 0.6) is 0 Å². The van der Waals surface area contributed by atoms with E-state index >= 15 is 0 Å². The number of nitrogens with one attached hydrogen (secondary N) is 1. The molecule has 0 saturated heterocycles.